The number of thiophene rings is 1. The summed E-state index contributed by atoms with van der Waals surface area (Å²) >= 11 is 5.11. The van der Waals surface area contributed by atoms with E-state index in [1.807, 2.05) is 6.92 Å². The van der Waals surface area contributed by atoms with Crippen LogP contribution in [0, 0.1) is 0 Å². The lowest BCUT2D eigenvalue weighted by Gasteiger charge is -2.16. The van der Waals surface area contributed by atoms with Gasteiger partial charge in [-0.25, -0.2) is 0 Å². The molecular weight excluding hydrogens is 266 g/mol. The Kier molecular flexibility index (Phi) is 2.99. The first-order valence-corrected chi connectivity index (χ1v) is 6.11. The minimum absolute atomic E-state index is 0.148. The summed E-state index contributed by atoms with van der Waals surface area (Å²) in [7, 11) is 0. The van der Waals surface area contributed by atoms with Crippen LogP contribution in [0.25, 0.3) is 0 Å². The van der Waals surface area contributed by atoms with Gasteiger partial charge in [0.05, 0.1) is 4.88 Å². The molecule has 1 aliphatic rings. The summed E-state index contributed by atoms with van der Waals surface area (Å²) in [6.45, 7) is 3.24. The van der Waals surface area contributed by atoms with E-state index >= 15 is 0 Å². The summed E-state index contributed by atoms with van der Waals surface area (Å²) in [6, 6.07) is 0.148. The van der Waals surface area contributed by atoms with Gasteiger partial charge in [-0.1, -0.05) is 0 Å². The standard InChI is InChI=1S/C9H12BrNO2S/c1-5(11)4-6-7-8(9(10)14-6)13-3-2-12-7/h5H,2-4,11H2,1H3. The summed E-state index contributed by atoms with van der Waals surface area (Å²) in [4.78, 5) is 1.17. The molecule has 0 saturated carbocycles. The minimum Gasteiger partial charge on any atom is -0.485 e. The van der Waals surface area contributed by atoms with Crippen LogP contribution in [-0.2, 0) is 6.42 Å². The zero-order chi connectivity index (χ0) is 10.1. The second-order valence-electron chi connectivity index (χ2n) is 3.34. The van der Waals surface area contributed by atoms with E-state index in [1.165, 1.54) is 4.88 Å². The Morgan fingerprint density at radius 3 is 2.71 bits per heavy atom. The molecule has 0 spiro atoms. The van der Waals surface area contributed by atoms with E-state index < -0.39 is 0 Å². The van der Waals surface area contributed by atoms with Crippen molar-refractivity contribution in [3.63, 3.8) is 0 Å². The maximum atomic E-state index is 5.76. The molecule has 78 valence electrons. The first kappa shape index (κ1) is 10.3. The van der Waals surface area contributed by atoms with Crippen LogP contribution in [0.4, 0.5) is 0 Å². The Morgan fingerprint density at radius 1 is 1.43 bits per heavy atom. The minimum atomic E-state index is 0.148. The molecule has 1 aliphatic heterocycles. The SMILES string of the molecule is CC(N)Cc1sc(Br)c2c1OCCO2. The van der Waals surface area contributed by atoms with Gasteiger partial charge in [-0.3, -0.25) is 0 Å². The van der Waals surface area contributed by atoms with Gasteiger partial charge in [0.15, 0.2) is 11.5 Å². The van der Waals surface area contributed by atoms with Gasteiger partial charge in [0.2, 0.25) is 0 Å². The summed E-state index contributed by atoms with van der Waals surface area (Å²) < 4.78 is 12.1. The molecule has 1 atom stereocenters. The number of fused-ring (bicyclic) bond motifs is 1. The van der Waals surface area contributed by atoms with E-state index in [0.29, 0.717) is 13.2 Å². The molecule has 1 aromatic heterocycles. The first-order chi connectivity index (χ1) is 6.68. The van der Waals surface area contributed by atoms with Crippen molar-refractivity contribution in [1.29, 1.82) is 0 Å². The van der Waals surface area contributed by atoms with Crippen molar-refractivity contribution >= 4 is 27.3 Å². The maximum Gasteiger partial charge on any atom is 0.186 e. The van der Waals surface area contributed by atoms with Gasteiger partial charge in [-0.15, -0.1) is 11.3 Å². The third kappa shape index (κ3) is 1.89. The largest absolute Gasteiger partial charge is 0.485 e. The van der Waals surface area contributed by atoms with Crippen LogP contribution in [0.2, 0.25) is 0 Å². The number of rotatable bonds is 2. The number of hydrogen-bond acceptors (Lipinski definition) is 4. The molecule has 0 bridgehead atoms. The molecule has 0 saturated heterocycles. The smallest absolute Gasteiger partial charge is 0.186 e. The fourth-order valence-corrected chi connectivity index (χ4v) is 3.33. The van der Waals surface area contributed by atoms with Crippen LogP contribution in [0.15, 0.2) is 3.79 Å². The van der Waals surface area contributed by atoms with E-state index in [-0.39, 0.29) is 6.04 Å². The van der Waals surface area contributed by atoms with Gasteiger partial charge >= 0.3 is 0 Å². The van der Waals surface area contributed by atoms with Crippen molar-refractivity contribution in [2.75, 3.05) is 13.2 Å². The van der Waals surface area contributed by atoms with Crippen LogP contribution in [0.1, 0.15) is 11.8 Å². The molecule has 0 radical (unpaired) electrons. The average molecular weight is 278 g/mol. The summed E-state index contributed by atoms with van der Waals surface area (Å²) in [6.07, 6.45) is 0.835. The van der Waals surface area contributed by atoms with Gasteiger partial charge in [-0.05, 0) is 22.9 Å². The van der Waals surface area contributed by atoms with Crippen molar-refractivity contribution in [2.45, 2.75) is 19.4 Å². The molecule has 1 aromatic rings. The third-order valence-corrected chi connectivity index (χ3v) is 3.74. The molecule has 3 nitrogen and oxygen atoms in total. The number of ether oxygens (including phenoxy) is 2. The summed E-state index contributed by atoms with van der Waals surface area (Å²) in [5.74, 6) is 1.72. The molecule has 0 fully saturated rings. The molecule has 0 aliphatic carbocycles. The summed E-state index contributed by atoms with van der Waals surface area (Å²) in [5, 5.41) is 0. The highest BCUT2D eigenvalue weighted by Gasteiger charge is 2.23. The Morgan fingerprint density at radius 2 is 2.07 bits per heavy atom. The highest BCUT2D eigenvalue weighted by molar-refractivity contribution is 9.11. The lowest BCUT2D eigenvalue weighted by Crippen LogP contribution is -2.19. The van der Waals surface area contributed by atoms with Crippen LogP contribution in [0.3, 0.4) is 0 Å². The van der Waals surface area contributed by atoms with Crippen molar-refractivity contribution in [3.05, 3.63) is 8.66 Å². The number of hydrogen-bond donors (Lipinski definition) is 1. The van der Waals surface area contributed by atoms with Crippen LogP contribution in [-0.4, -0.2) is 19.3 Å². The highest BCUT2D eigenvalue weighted by Crippen LogP contribution is 2.47. The fraction of sp³-hybridized carbons (Fsp3) is 0.556. The van der Waals surface area contributed by atoms with Crippen molar-refractivity contribution in [2.24, 2.45) is 5.73 Å². The average Bonchev–Trinajstić information content (AvgIpc) is 2.44. The second kappa shape index (κ2) is 4.08. The zero-order valence-electron chi connectivity index (χ0n) is 7.88. The van der Waals surface area contributed by atoms with Crippen molar-refractivity contribution in [1.82, 2.24) is 0 Å². The molecule has 2 N–H and O–H groups in total. The predicted molar refractivity (Wildman–Crippen MR) is 60.4 cm³/mol. The summed E-state index contributed by atoms with van der Waals surface area (Å²) in [5.41, 5.74) is 5.76. The van der Waals surface area contributed by atoms with Gasteiger partial charge in [0.1, 0.15) is 17.0 Å². The fourth-order valence-electron chi connectivity index (χ4n) is 1.40. The molecule has 5 heteroatoms. The molecule has 2 rings (SSSR count). The molecular formula is C9H12BrNO2S. The predicted octanol–water partition coefficient (Wildman–Crippen LogP) is 2.17. The normalized spacial score (nSPS) is 16.8. The Bertz CT molecular complexity index is 338. The van der Waals surface area contributed by atoms with Crippen LogP contribution < -0.4 is 15.2 Å². The quantitative estimate of drug-likeness (QED) is 0.901. The van der Waals surface area contributed by atoms with Gasteiger partial charge in [0.25, 0.3) is 0 Å². The van der Waals surface area contributed by atoms with E-state index in [4.69, 9.17) is 15.2 Å². The van der Waals surface area contributed by atoms with Crippen LogP contribution >= 0.6 is 27.3 Å². The first-order valence-electron chi connectivity index (χ1n) is 4.51. The lowest BCUT2D eigenvalue weighted by molar-refractivity contribution is 0.171. The maximum absolute atomic E-state index is 5.76. The zero-order valence-corrected chi connectivity index (χ0v) is 10.3. The molecule has 0 aromatic carbocycles. The Balaban J connectivity index is 2.31. The van der Waals surface area contributed by atoms with Crippen molar-refractivity contribution < 1.29 is 9.47 Å². The highest BCUT2D eigenvalue weighted by atomic mass is 79.9. The van der Waals surface area contributed by atoms with E-state index in [0.717, 1.165) is 21.7 Å². The van der Waals surface area contributed by atoms with Gasteiger partial charge < -0.3 is 15.2 Å². The van der Waals surface area contributed by atoms with E-state index in [1.54, 1.807) is 11.3 Å². The number of nitrogens with two attached hydrogens (primary N) is 1. The molecule has 1 unspecified atom stereocenters. The molecule has 0 amide bonds. The van der Waals surface area contributed by atoms with Gasteiger partial charge in [-0.2, -0.15) is 0 Å². The topological polar surface area (TPSA) is 44.5 Å². The number of halogens is 1. The Hall–Kier alpha value is -0.260. The van der Waals surface area contributed by atoms with E-state index in [9.17, 15) is 0 Å². The molecule has 2 heterocycles. The Labute approximate surface area is 95.3 Å². The lowest BCUT2D eigenvalue weighted by atomic mass is 10.2. The molecule has 14 heavy (non-hydrogen) atoms. The van der Waals surface area contributed by atoms with Crippen molar-refractivity contribution in [3.8, 4) is 11.5 Å². The third-order valence-electron chi connectivity index (χ3n) is 1.93. The van der Waals surface area contributed by atoms with Gasteiger partial charge in [0, 0.05) is 12.5 Å². The van der Waals surface area contributed by atoms with Crippen LogP contribution in [0.5, 0.6) is 11.5 Å². The van der Waals surface area contributed by atoms with E-state index in [2.05, 4.69) is 15.9 Å². The second-order valence-corrected chi connectivity index (χ2v) is 5.76. The monoisotopic (exact) mass is 277 g/mol.